The molecular weight excluding hydrogens is 178 g/mol. The Kier molecular flexibility index (Phi) is 2.70. The molecule has 0 radical (unpaired) electrons. The van der Waals surface area contributed by atoms with Crippen molar-refractivity contribution in [2.75, 3.05) is 6.54 Å². The second kappa shape index (κ2) is 3.81. The molecule has 1 aliphatic rings. The highest BCUT2D eigenvalue weighted by Gasteiger charge is 2.28. The quantitative estimate of drug-likeness (QED) is 0.778. The van der Waals surface area contributed by atoms with E-state index in [9.17, 15) is 0 Å². The van der Waals surface area contributed by atoms with Crippen LogP contribution in [0.3, 0.4) is 0 Å². The summed E-state index contributed by atoms with van der Waals surface area (Å²) in [4.78, 5) is 1.54. The van der Waals surface area contributed by atoms with E-state index in [1.807, 2.05) is 11.3 Å². The number of hydrogen-bond donors (Lipinski definition) is 1. The predicted octanol–water partition coefficient (Wildman–Crippen LogP) is 3.04. The summed E-state index contributed by atoms with van der Waals surface area (Å²) in [5.41, 5.74) is 3.21. The maximum Gasteiger partial charge on any atom is 0.0216 e. The van der Waals surface area contributed by atoms with Crippen LogP contribution in [0.25, 0.3) is 0 Å². The molecule has 72 valence electrons. The monoisotopic (exact) mass is 195 g/mol. The summed E-state index contributed by atoms with van der Waals surface area (Å²) >= 11 is 1.91. The largest absolute Gasteiger partial charge is 0.313 e. The molecule has 0 bridgehead atoms. The summed E-state index contributed by atoms with van der Waals surface area (Å²) < 4.78 is 0. The molecule has 1 saturated carbocycles. The second-order valence-corrected chi connectivity index (χ2v) is 4.87. The Balaban J connectivity index is 2.13. The Hall–Kier alpha value is -0.340. The lowest BCUT2D eigenvalue weighted by Crippen LogP contribution is -2.12. The molecule has 13 heavy (non-hydrogen) atoms. The average Bonchev–Trinajstić information content (AvgIpc) is 2.88. The van der Waals surface area contributed by atoms with Crippen molar-refractivity contribution in [1.82, 2.24) is 5.32 Å². The van der Waals surface area contributed by atoms with Gasteiger partial charge >= 0.3 is 0 Å². The van der Waals surface area contributed by atoms with Gasteiger partial charge in [-0.15, -0.1) is 11.3 Å². The molecule has 0 aliphatic heterocycles. The van der Waals surface area contributed by atoms with Crippen LogP contribution < -0.4 is 5.32 Å². The first kappa shape index (κ1) is 9.22. The van der Waals surface area contributed by atoms with Gasteiger partial charge in [0.2, 0.25) is 0 Å². The summed E-state index contributed by atoms with van der Waals surface area (Å²) in [5, 5.41) is 5.73. The lowest BCUT2D eigenvalue weighted by molar-refractivity contribution is 0.722. The van der Waals surface area contributed by atoms with Gasteiger partial charge in [0.15, 0.2) is 0 Å². The van der Waals surface area contributed by atoms with Crippen molar-refractivity contribution in [2.24, 2.45) is 0 Å². The third-order valence-electron chi connectivity index (χ3n) is 2.65. The molecule has 1 N–H and O–H groups in total. The van der Waals surface area contributed by atoms with Crippen LogP contribution in [0.4, 0.5) is 0 Å². The molecule has 0 spiro atoms. The number of nitrogens with one attached hydrogen (secondary N) is 1. The Morgan fingerprint density at radius 3 is 2.92 bits per heavy atom. The molecular formula is C11H17NS. The molecule has 0 atom stereocenters. The van der Waals surface area contributed by atoms with Crippen LogP contribution in [-0.4, -0.2) is 6.54 Å². The maximum absolute atomic E-state index is 3.41. The molecule has 0 saturated heterocycles. The van der Waals surface area contributed by atoms with Gasteiger partial charge in [0.1, 0.15) is 0 Å². The molecule has 0 amide bonds. The van der Waals surface area contributed by atoms with E-state index in [0.717, 1.165) is 19.0 Å². The topological polar surface area (TPSA) is 12.0 Å². The van der Waals surface area contributed by atoms with Crippen LogP contribution in [-0.2, 0) is 6.54 Å². The maximum atomic E-state index is 3.41. The predicted molar refractivity (Wildman–Crippen MR) is 58.4 cm³/mol. The van der Waals surface area contributed by atoms with E-state index in [4.69, 9.17) is 0 Å². The lowest BCUT2D eigenvalue weighted by Gasteiger charge is -2.04. The Bertz CT molecular complexity index is 286. The zero-order valence-electron chi connectivity index (χ0n) is 8.39. The first-order valence-corrected chi connectivity index (χ1v) is 5.98. The number of aryl methyl sites for hydroxylation is 1. The highest BCUT2D eigenvalue weighted by atomic mass is 32.1. The SMILES string of the molecule is CCNCc1csc(C)c1C1CC1. The van der Waals surface area contributed by atoms with E-state index in [2.05, 4.69) is 24.5 Å². The minimum Gasteiger partial charge on any atom is -0.313 e. The summed E-state index contributed by atoms with van der Waals surface area (Å²) in [6.07, 6.45) is 2.83. The lowest BCUT2D eigenvalue weighted by atomic mass is 10.1. The molecule has 0 unspecified atom stereocenters. The molecule has 0 aromatic carbocycles. The number of hydrogen-bond acceptors (Lipinski definition) is 2. The summed E-state index contributed by atoms with van der Waals surface area (Å²) in [6.45, 7) is 6.55. The van der Waals surface area contributed by atoms with Crippen LogP contribution in [0, 0.1) is 6.92 Å². The minimum absolute atomic E-state index is 0.903. The standard InChI is InChI=1S/C11H17NS/c1-3-12-6-10-7-13-8(2)11(10)9-4-5-9/h7,9,12H,3-6H2,1-2H3. The van der Waals surface area contributed by atoms with Crippen molar-refractivity contribution >= 4 is 11.3 Å². The normalized spacial score (nSPS) is 16.5. The molecule has 2 heteroatoms. The van der Waals surface area contributed by atoms with Crippen molar-refractivity contribution in [3.8, 4) is 0 Å². The molecule has 2 rings (SSSR count). The van der Waals surface area contributed by atoms with Crippen LogP contribution in [0.2, 0.25) is 0 Å². The Morgan fingerprint density at radius 1 is 1.54 bits per heavy atom. The molecule has 1 aliphatic carbocycles. The third-order valence-corrected chi connectivity index (χ3v) is 3.63. The minimum atomic E-state index is 0.903. The second-order valence-electron chi connectivity index (χ2n) is 3.79. The van der Waals surface area contributed by atoms with Crippen molar-refractivity contribution in [3.05, 3.63) is 21.4 Å². The fourth-order valence-electron chi connectivity index (χ4n) is 1.83. The van der Waals surface area contributed by atoms with Crippen LogP contribution in [0.1, 0.15) is 41.7 Å². The fraction of sp³-hybridized carbons (Fsp3) is 0.636. The van der Waals surface area contributed by atoms with Crippen LogP contribution in [0.5, 0.6) is 0 Å². The number of thiophene rings is 1. The first-order chi connectivity index (χ1) is 6.33. The van der Waals surface area contributed by atoms with Gasteiger partial charge in [-0.2, -0.15) is 0 Å². The average molecular weight is 195 g/mol. The first-order valence-electron chi connectivity index (χ1n) is 5.10. The Labute approximate surface area is 84.2 Å². The van der Waals surface area contributed by atoms with Gasteiger partial charge < -0.3 is 5.32 Å². The van der Waals surface area contributed by atoms with Crippen LogP contribution >= 0.6 is 11.3 Å². The van der Waals surface area contributed by atoms with Crippen molar-refractivity contribution in [1.29, 1.82) is 0 Å². The van der Waals surface area contributed by atoms with Crippen LogP contribution in [0.15, 0.2) is 5.38 Å². The third kappa shape index (κ3) is 1.94. The van der Waals surface area contributed by atoms with Gasteiger partial charge in [0.25, 0.3) is 0 Å². The van der Waals surface area contributed by atoms with E-state index in [1.54, 1.807) is 11.1 Å². The van der Waals surface area contributed by atoms with E-state index >= 15 is 0 Å². The van der Waals surface area contributed by atoms with Gasteiger partial charge in [0.05, 0.1) is 0 Å². The van der Waals surface area contributed by atoms with Gasteiger partial charge in [-0.1, -0.05) is 6.92 Å². The molecule has 1 nitrogen and oxygen atoms in total. The van der Waals surface area contributed by atoms with E-state index in [-0.39, 0.29) is 0 Å². The number of rotatable bonds is 4. The Morgan fingerprint density at radius 2 is 2.31 bits per heavy atom. The highest BCUT2D eigenvalue weighted by Crippen LogP contribution is 2.45. The van der Waals surface area contributed by atoms with Gasteiger partial charge in [-0.25, -0.2) is 0 Å². The zero-order valence-corrected chi connectivity index (χ0v) is 9.21. The van der Waals surface area contributed by atoms with E-state index in [0.29, 0.717) is 0 Å². The van der Waals surface area contributed by atoms with Crippen molar-refractivity contribution in [3.63, 3.8) is 0 Å². The molecule has 1 heterocycles. The van der Waals surface area contributed by atoms with Crippen molar-refractivity contribution < 1.29 is 0 Å². The van der Waals surface area contributed by atoms with E-state index < -0.39 is 0 Å². The van der Waals surface area contributed by atoms with Gasteiger partial charge in [0, 0.05) is 11.4 Å². The fourth-order valence-corrected chi connectivity index (χ4v) is 2.78. The molecule has 1 aromatic rings. The molecule has 1 fully saturated rings. The highest BCUT2D eigenvalue weighted by molar-refractivity contribution is 7.10. The zero-order chi connectivity index (χ0) is 9.26. The summed E-state index contributed by atoms with van der Waals surface area (Å²) in [6, 6.07) is 0. The smallest absolute Gasteiger partial charge is 0.0216 e. The summed E-state index contributed by atoms with van der Waals surface area (Å²) in [7, 11) is 0. The van der Waals surface area contributed by atoms with E-state index in [1.165, 1.54) is 17.7 Å². The van der Waals surface area contributed by atoms with Gasteiger partial charge in [-0.05, 0) is 48.7 Å². The summed E-state index contributed by atoms with van der Waals surface area (Å²) in [5.74, 6) is 0.903. The molecule has 1 aromatic heterocycles. The van der Waals surface area contributed by atoms with Gasteiger partial charge in [-0.3, -0.25) is 0 Å². The van der Waals surface area contributed by atoms with Crippen molar-refractivity contribution in [2.45, 2.75) is 39.2 Å².